The minimum Gasteiger partial charge on any atom is -0.455 e. The van der Waals surface area contributed by atoms with E-state index >= 15 is 0 Å². The fourth-order valence-corrected chi connectivity index (χ4v) is 4.68. The van der Waals surface area contributed by atoms with Crippen molar-refractivity contribution in [2.24, 2.45) is 28.8 Å². The van der Waals surface area contributed by atoms with Crippen molar-refractivity contribution in [1.29, 1.82) is 0 Å². The van der Waals surface area contributed by atoms with E-state index in [9.17, 15) is 19.7 Å². The molecule has 3 aliphatic rings. The van der Waals surface area contributed by atoms with Gasteiger partial charge >= 0.3 is 0 Å². The summed E-state index contributed by atoms with van der Waals surface area (Å²) in [5.74, 6) is -0.292. The van der Waals surface area contributed by atoms with Crippen molar-refractivity contribution in [1.82, 2.24) is 5.01 Å². The number of allylic oxidation sites excluding steroid dienone is 2. The van der Waals surface area contributed by atoms with E-state index in [-0.39, 0.29) is 41.2 Å². The normalized spacial score (nSPS) is 27.4. The van der Waals surface area contributed by atoms with Gasteiger partial charge in [-0.25, -0.2) is 0 Å². The summed E-state index contributed by atoms with van der Waals surface area (Å²) in [6.45, 7) is 1.78. The Balaban J connectivity index is 1.39. The Kier molecular flexibility index (Phi) is 3.77. The van der Waals surface area contributed by atoms with Gasteiger partial charge in [0.15, 0.2) is 0 Å². The first-order valence-corrected chi connectivity index (χ1v) is 9.39. The van der Waals surface area contributed by atoms with E-state index in [0.717, 1.165) is 17.0 Å². The Morgan fingerprint density at radius 2 is 1.83 bits per heavy atom. The van der Waals surface area contributed by atoms with Gasteiger partial charge in [-0.05, 0) is 48.9 Å². The quantitative estimate of drug-likeness (QED) is 0.261. The molecule has 2 aliphatic carbocycles. The highest BCUT2D eigenvalue weighted by atomic mass is 16.6. The fourth-order valence-electron chi connectivity index (χ4n) is 4.68. The SMILES string of the molecule is Cc1ccc(-c2ccc(/C=N\N3C(=O)[C@@H]4[C@H](C3=O)[C@@H]3C=C[C@H]4C3)o2)c([N+](=O)[O-])c1. The summed E-state index contributed by atoms with van der Waals surface area (Å²) in [4.78, 5) is 36.2. The molecular formula is C21H17N3O5. The zero-order chi connectivity index (χ0) is 20.3. The molecule has 1 saturated heterocycles. The van der Waals surface area contributed by atoms with E-state index in [4.69, 9.17) is 4.42 Å². The standard InChI is InChI=1S/C21H17N3O5/c1-11-2-6-15(16(8-11)24(27)28)17-7-5-14(29-17)10-22-23-20(25)18-12-3-4-13(9-12)19(18)21(23)26/h2-8,10,12-13,18-19H,9H2,1H3/b22-10-/t12-,13+,18-,19+. The second-order valence-electron chi connectivity index (χ2n) is 7.71. The topological polar surface area (TPSA) is 106 Å². The summed E-state index contributed by atoms with van der Waals surface area (Å²) in [6, 6.07) is 8.07. The minimum absolute atomic E-state index is 0.0523. The van der Waals surface area contributed by atoms with Crippen LogP contribution in [0.2, 0.25) is 0 Å². The average Bonchev–Trinajstić information content (AvgIpc) is 3.46. The molecule has 1 aliphatic heterocycles. The van der Waals surface area contributed by atoms with Gasteiger partial charge in [-0.15, -0.1) is 0 Å². The number of nitro groups is 1. The lowest BCUT2D eigenvalue weighted by atomic mass is 9.85. The summed E-state index contributed by atoms with van der Waals surface area (Å²) in [7, 11) is 0. The first kappa shape index (κ1) is 17.5. The first-order valence-electron chi connectivity index (χ1n) is 9.39. The molecule has 2 heterocycles. The van der Waals surface area contributed by atoms with Gasteiger partial charge in [0.2, 0.25) is 0 Å². The smallest absolute Gasteiger partial charge is 0.280 e. The molecule has 146 valence electrons. The number of carbonyl (C=O) groups excluding carboxylic acids is 2. The van der Waals surface area contributed by atoms with Crippen LogP contribution >= 0.6 is 0 Å². The van der Waals surface area contributed by atoms with E-state index in [1.54, 1.807) is 31.2 Å². The van der Waals surface area contributed by atoms with Gasteiger partial charge in [-0.1, -0.05) is 18.2 Å². The number of aryl methyl sites for hydroxylation is 1. The third-order valence-corrected chi connectivity index (χ3v) is 5.99. The molecule has 0 N–H and O–H groups in total. The number of carbonyl (C=O) groups is 2. The maximum Gasteiger partial charge on any atom is 0.280 e. The van der Waals surface area contributed by atoms with Crippen molar-refractivity contribution < 1.29 is 18.9 Å². The Morgan fingerprint density at radius 3 is 2.48 bits per heavy atom. The number of rotatable bonds is 4. The monoisotopic (exact) mass is 391 g/mol. The molecule has 5 rings (SSSR count). The maximum absolute atomic E-state index is 12.6. The van der Waals surface area contributed by atoms with Gasteiger partial charge < -0.3 is 4.42 Å². The van der Waals surface area contributed by atoms with Crippen molar-refractivity contribution in [3.8, 4) is 11.3 Å². The highest BCUT2D eigenvalue weighted by molar-refractivity contribution is 6.06. The second kappa shape index (κ2) is 6.23. The molecule has 8 heteroatoms. The van der Waals surface area contributed by atoms with Crippen molar-refractivity contribution in [2.75, 3.05) is 0 Å². The highest BCUT2D eigenvalue weighted by Crippen LogP contribution is 2.52. The van der Waals surface area contributed by atoms with Crippen molar-refractivity contribution in [2.45, 2.75) is 13.3 Å². The molecule has 0 spiro atoms. The summed E-state index contributed by atoms with van der Waals surface area (Å²) < 4.78 is 5.66. The molecule has 1 aromatic heterocycles. The number of amides is 2. The van der Waals surface area contributed by atoms with E-state index < -0.39 is 4.92 Å². The van der Waals surface area contributed by atoms with Crippen LogP contribution in [-0.4, -0.2) is 28.0 Å². The number of nitro benzene ring substituents is 1. The summed E-state index contributed by atoms with van der Waals surface area (Å²) in [5, 5.41) is 16.3. The van der Waals surface area contributed by atoms with Crippen molar-refractivity contribution >= 4 is 23.7 Å². The van der Waals surface area contributed by atoms with Crippen LogP contribution < -0.4 is 0 Å². The third kappa shape index (κ3) is 2.63. The lowest BCUT2D eigenvalue weighted by Crippen LogP contribution is -2.28. The Hall–Kier alpha value is -3.55. The zero-order valence-electron chi connectivity index (χ0n) is 15.5. The molecule has 8 nitrogen and oxygen atoms in total. The molecule has 29 heavy (non-hydrogen) atoms. The molecule has 0 radical (unpaired) electrons. The number of fused-ring (bicyclic) bond motifs is 5. The lowest BCUT2D eigenvalue weighted by Gasteiger charge is -2.13. The van der Waals surface area contributed by atoms with Crippen LogP contribution in [0.4, 0.5) is 5.69 Å². The van der Waals surface area contributed by atoms with Crippen LogP contribution in [0.25, 0.3) is 11.3 Å². The van der Waals surface area contributed by atoms with E-state index in [1.165, 1.54) is 12.3 Å². The molecular weight excluding hydrogens is 374 g/mol. The first-order chi connectivity index (χ1) is 13.9. The average molecular weight is 391 g/mol. The Labute approximate surface area is 165 Å². The molecule has 2 amide bonds. The zero-order valence-corrected chi connectivity index (χ0v) is 15.5. The molecule has 0 unspecified atom stereocenters. The number of furan rings is 1. The molecule has 2 bridgehead atoms. The van der Waals surface area contributed by atoms with Crippen molar-refractivity contribution in [3.63, 3.8) is 0 Å². The number of nitrogens with zero attached hydrogens (tertiary/aromatic N) is 3. The Morgan fingerprint density at radius 1 is 1.14 bits per heavy atom. The number of benzene rings is 1. The van der Waals surface area contributed by atoms with E-state index in [0.29, 0.717) is 17.1 Å². The van der Waals surface area contributed by atoms with E-state index in [1.807, 2.05) is 12.2 Å². The Bertz CT molecular complexity index is 1090. The number of hydrazone groups is 1. The number of imide groups is 1. The molecule has 2 fully saturated rings. The minimum atomic E-state index is -0.457. The van der Waals surface area contributed by atoms with E-state index in [2.05, 4.69) is 5.10 Å². The largest absolute Gasteiger partial charge is 0.455 e. The van der Waals surface area contributed by atoms with Crippen LogP contribution in [0, 0.1) is 40.7 Å². The molecule has 4 atom stereocenters. The van der Waals surface area contributed by atoms with Gasteiger partial charge in [-0.2, -0.15) is 10.1 Å². The predicted molar refractivity (Wildman–Crippen MR) is 103 cm³/mol. The van der Waals surface area contributed by atoms with Gasteiger partial charge in [0.25, 0.3) is 17.5 Å². The van der Waals surface area contributed by atoms with Crippen LogP contribution in [-0.2, 0) is 9.59 Å². The molecule has 1 saturated carbocycles. The third-order valence-electron chi connectivity index (χ3n) is 5.99. The maximum atomic E-state index is 12.6. The van der Waals surface area contributed by atoms with Gasteiger partial charge in [0, 0.05) is 6.07 Å². The molecule has 1 aromatic carbocycles. The fraction of sp³-hybridized carbons (Fsp3) is 0.286. The van der Waals surface area contributed by atoms with Gasteiger partial charge in [0.05, 0.1) is 28.5 Å². The van der Waals surface area contributed by atoms with Crippen LogP contribution in [0.15, 0.2) is 52.0 Å². The summed E-state index contributed by atoms with van der Waals surface area (Å²) in [6.07, 6.45) is 6.21. The summed E-state index contributed by atoms with van der Waals surface area (Å²) in [5.41, 5.74) is 1.07. The lowest BCUT2D eigenvalue weighted by molar-refractivity contribution is -0.384. The highest BCUT2D eigenvalue weighted by Gasteiger charge is 2.59. The van der Waals surface area contributed by atoms with Gasteiger partial charge in [-0.3, -0.25) is 19.7 Å². The van der Waals surface area contributed by atoms with Crippen molar-refractivity contribution in [3.05, 3.63) is 63.9 Å². The van der Waals surface area contributed by atoms with Crippen LogP contribution in [0.5, 0.6) is 0 Å². The number of hydrogen-bond donors (Lipinski definition) is 0. The number of hydrogen-bond acceptors (Lipinski definition) is 6. The predicted octanol–water partition coefficient (Wildman–Crippen LogP) is 3.30. The van der Waals surface area contributed by atoms with Gasteiger partial charge in [0.1, 0.15) is 11.5 Å². The second-order valence-corrected chi connectivity index (χ2v) is 7.71. The summed E-state index contributed by atoms with van der Waals surface area (Å²) >= 11 is 0. The molecule has 2 aromatic rings. The van der Waals surface area contributed by atoms with Crippen LogP contribution in [0.1, 0.15) is 17.7 Å². The van der Waals surface area contributed by atoms with Crippen LogP contribution in [0.3, 0.4) is 0 Å².